The number of hydrogen-bond donors (Lipinski definition) is 0. The van der Waals surface area contributed by atoms with Gasteiger partial charge in [-0.15, -0.1) is 11.3 Å². The van der Waals surface area contributed by atoms with Crippen LogP contribution in [0.1, 0.15) is 22.9 Å². The van der Waals surface area contributed by atoms with Crippen molar-refractivity contribution < 1.29 is 18.8 Å². The standard InChI is InChI=1S/C18H14FN3O3S2/c19-12-5-3-11(4-6-12)13-8-14(15-2-1-7-26-15)22(20-13)16(23)9-21-17(24)10-27-18(21)25/h1-7,14H,8-10H2. The Morgan fingerprint density at radius 3 is 2.63 bits per heavy atom. The maximum atomic E-state index is 13.2. The third-order valence-electron chi connectivity index (χ3n) is 4.35. The Morgan fingerprint density at radius 1 is 1.22 bits per heavy atom. The third-order valence-corrected chi connectivity index (χ3v) is 6.18. The minimum absolute atomic E-state index is 0.0601. The van der Waals surface area contributed by atoms with Crippen LogP contribution in [0.15, 0.2) is 46.9 Å². The van der Waals surface area contributed by atoms with E-state index in [1.165, 1.54) is 28.5 Å². The zero-order valence-corrected chi connectivity index (χ0v) is 15.6. The van der Waals surface area contributed by atoms with Gasteiger partial charge in [0.25, 0.3) is 11.1 Å². The molecule has 3 amide bonds. The Morgan fingerprint density at radius 2 is 2.00 bits per heavy atom. The molecule has 0 N–H and O–H groups in total. The number of rotatable bonds is 4. The average molecular weight is 403 g/mol. The SMILES string of the molecule is O=C1CSC(=O)N1CC(=O)N1N=C(c2ccc(F)cc2)CC1c1cccs1. The van der Waals surface area contributed by atoms with Crippen LogP contribution in [0.3, 0.4) is 0 Å². The normalized spacial score (nSPS) is 19.7. The predicted octanol–water partition coefficient (Wildman–Crippen LogP) is 3.26. The molecule has 1 unspecified atom stereocenters. The van der Waals surface area contributed by atoms with E-state index in [2.05, 4.69) is 5.10 Å². The molecule has 1 aromatic carbocycles. The Labute approximate surface area is 162 Å². The number of hydrogen-bond acceptors (Lipinski definition) is 6. The second-order valence-electron chi connectivity index (χ2n) is 6.06. The number of thiophene rings is 1. The Bertz CT molecular complexity index is 912. The summed E-state index contributed by atoms with van der Waals surface area (Å²) in [5.41, 5.74) is 1.40. The second kappa shape index (κ2) is 7.24. The fourth-order valence-electron chi connectivity index (χ4n) is 3.00. The van der Waals surface area contributed by atoms with Crippen molar-refractivity contribution in [2.75, 3.05) is 12.3 Å². The van der Waals surface area contributed by atoms with Gasteiger partial charge in [-0.25, -0.2) is 9.40 Å². The summed E-state index contributed by atoms with van der Waals surface area (Å²) in [6.45, 7) is -0.327. The number of thioether (sulfide) groups is 1. The molecule has 3 heterocycles. The molecule has 0 aliphatic carbocycles. The molecule has 0 saturated carbocycles. The van der Waals surface area contributed by atoms with Crippen LogP contribution in [0.5, 0.6) is 0 Å². The fraction of sp³-hybridized carbons (Fsp3) is 0.222. The number of carbonyl (C=O) groups excluding carboxylic acids is 3. The van der Waals surface area contributed by atoms with Gasteiger partial charge in [-0.1, -0.05) is 30.0 Å². The molecule has 27 heavy (non-hydrogen) atoms. The lowest BCUT2D eigenvalue weighted by atomic mass is 10.0. The van der Waals surface area contributed by atoms with Crippen molar-refractivity contribution in [3.05, 3.63) is 58.0 Å². The first-order chi connectivity index (χ1) is 13.0. The van der Waals surface area contributed by atoms with Crippen molar-refractivity contribution in [2.45, 2.75) is 12.5 Å². The molecule has 4 rings (SSSR count). The van der Waals surface area contributed by atoms with Gasteiger partial charge in [0.1, 0.15) is 12.4 Å². The molecule has 138 valence electrons. The van der Waals surface area contributed by atoms with Crippen molar-refractivity contribution in [3.63, 3.8) is 0 Å². The lowest BCUT2D eigenvalue weighted by Gasteiger charge is -2.22. The average Bonchev–Trinajstić information content (AvgIpc) is 3.38. The van der Waals surface area contributed by atoms with Crippen molar-refractivity contribution >= 4 is 45.9 Å². The number of imide groups is 1. The summed E-state index contributed by atoms with van der Waals surface area (Å²) in [5, 5.41) is 7.29. The van der Waals surface area contributed by atoms with Gasteiger partial charge in [0, 0.05) is 11.3 Å². The van der Waals surface area contributed by atoms with Crippen LogP contribution >= 0.6 is 23.1 Å². The van der Waals surface area contributed by atoms with Gasteiger partial charge < -0.3 is 0 Å². The highest BCUT2D eigenvalue weighted by Gasteiger charge is 2.38. The summed E-state index contributed by atoms with van der Waals surface area (Å²) in [6.07, 6.45) is 0.481. The van der Waals surface area contributed by atoms with E-state index in [4.69, 9.17) is 0 Å². The fourth-order valence-corrected chi connectivity index (χ4v) is 4.54. The summed E-state index contributed by atoms with van der Waals surface area (Å²) >= 11 is 2.40. The van der Waals surface area contributed by atoms with Crippen LogP contribution in [0.25, 0.3) is 0 Å². The van der Waals surface area contributed by atoms with E-state index in [9.17, 15) is 18.8 Å². The minimum Gasteiger partial charge on any atom is -0.273 e. The first-order valence-corrected chi connectivity index (χ1v) is 10.1. The molecule has 2 aliphatic rings. The Hall–Kier alpha value is -2.52. The largest absolute Gasteiger partial charge is 0.289 e. The first-order valence-electron chi connectivity index (χ1n) is 8.19. The van der Waals surface area contributed by atoms with E-state index >= 15 is 0 Å². The quantitative estimate of drug-likeness (QED) is 0.786. The molecule has 0 radical (unpaired) electrons. The van der Waals surface area contributed by atoms with Crippen molar-refractivity contribution in [1.82, 2.24) is 9.91 Å². The zero-order valence-electron chi connectivity index (χ0n) is 14.0. The number of halogens is 1. The van der Waals surface area contributed by atoms with Gasteiger partial charge >= 0.3 is 0 Å². The molecular formula is C18H14FN3O3S2. The summed E-state index contributed by atoms with van der Waals surface area (Å²) in [4.78, 5) is 38.4. The molecule has 1 fully saturated rings. The van der Waals surface area contributed by atoms with Gasteiger partial charge in [-0.05, 0) is 29.1 Å². The van der Waals surface area contributed by atoms with Crippen molar-refractivity contribution in [2.24, 2.45) is 5.10 Å². The maximum absolute atomic E-state index is 13.2. The number of hydrazone groups is 1. The van der Waals surface area contributed by atoms with Gasteiger partial charge in [0.2, 0.25) is 5.91 Å². The summed E-state index contributed by atoms with van der Waals surface area (Å²) in [6, 6.07) is 9.44. The van der Waals surface area contributed by atoms with E-state index in [0.29, 0.717) is 12.1 Å². The molecule has 0 bridgehead atoms. The lowest BCUT2D eigenvalue weighted by Crippen LogP contribution is -2.40. The third kappa shape index (κ3) is 3.52. The van der Waals surface area contributed by atoms with E-state index in [0.717, 1.165) is 27.1 Å². The highest BCUT2D eigenvalue weighted by atomic mass is 32.2. The smallest absolute Gasteiger partial charge is 0.273 e. The molecule has 2 aromatic rings. The predicted molar refractivity (Wildman–Crippen MR) is 101 cm³/mol. The summed E-state index contributed by atoms with van der Waals surface area (Å²) in [5.74, 6) is -1.07. The van der Waals surface area contributed by atoms with E-state index in [1.54, 1.807) is 12.1 Å². The maximum Gasteiger partial charge on any atom is 0.289 e. The molecule has 2 aliphatic heterocycles. The van der Waals surface area contributed by atoms with Crippen LogP contribution in [0.4, 0.5) is 9.18 Å². The second-order valence-corrected chi connectivity index (χ2v) is 7.97. The topological polar surface area (TPSA) is 70.1 Å². The Kier molecular flexibility index (Phi) is 4.79. The molecular weight excluding hydrogens is 389 g/mol. The van der Waals surface area contributed by atoms with Gasteiger partial charge in [-0.2, -0.15) is 5.10 Å². The number of amides is 3. The summed E-state index contributed by atoms with van der Waals surface area (Å²) in [7, 11) is 0. The highest BCUT2D eigenvalue weighted by Crippen LogP contribution is 2.35. The van der Waals surface area contributed by atoms with E-state index in [1.807, 2.05) is 17.5 Å². The molecule has 0 spiro atoms. The molecule has 1 saturated heterocycles. The van der Waals surface area contributed by atoms with E-state index in [-0.39, 0.29) is 30.1 Å². The van der Waals surface area contributed by atoms with Crippen molar-refractivity contribution in [3.8, 4) is 0 Å². The molecule has 6 nitrogen and oxygen atoms in total. The number of carbonyl (C=O) groups is 3. The van der Waals surface area contributed by atoms with Gasteiger partial charge in [0.15, 0.2) is 0 Å². The summed E-state index contributed by atoms with van der Waals surface area (Å²) < 4.78 is 13.2. The van der Waals surface area contributed by atoms with Crippen LogP contribution < -0.4 is 0 Å². The van der Waals surface area contributed by atoms with Crippen molar-refractivity contribution in [1.29, 1.82) is 0 Å². The molecule has 1 atom stereocenters. The van der Waals surface area contributed by atoms with E-state index < -0.39 is 11.1 Å². The zero-order chi connectivity index (χ0) is 19.0. The number of nitrogens with zero attached hydrogens (tertiary/aromatic N) is 3. The monoisotopic (exact) mass is 403 g/mol. The van der Waals surface area contributed by atoms with Crippen LogP contribution in [0.2, 0.25) is 0 Å². The van der Waals surface area contributed by atoms with Crippen LogP contribution in [-0.2, 0) is 9.59 Å². The first kappa shape index (κ1) is 17.9. The molecule has 1 aromatic heterocycles. The molecule has 9 heteroatoms. The lowest BCUT2D eigenvalue weighted by molar-refractivity contribution is -0.137. The van der Waals surface area contributed by atoms with Gasteiger partial charge in [-0.3, -0.25) is 19.3 Å². The van der Waals surface area contributed by atoms with Crippen LogP contribution in [-0.4, -0.2) is 45.0 Å². The number of benzene rings is 1. The highest BCUT2D eigenvalue weighted by molar-refractivity contribution is 8.14. The Balaban J connectivity index is 1.61. The van der Waals surface area contributed by atoms with Gasteiger partial charge in [0.05, 0.1) is 17.5 Å². The van der Waals surface area contributed by atoms with Crippen LogP contribution in [0, 0.1) is 5.82 Å². The minimum atomic E-state index is -0.422.